The average molecular weight is 280 g/mol. The molecule has 1 aromatic rings. The number of aryl methyl sites for hydroxylation is 1. The molecule has 2 rings (SSSR count). The molecule has 1 fully saturated rings. The Balaban J connectivity index is 1.87. The fraction of sp³-hybridized carbons (Fsp3) is 0.857. The monoisotopic (exact) mass is 280 g/mol. The van der Waals surface area contributed by atoms with Gasteiger partial charge in [-0.25, -0.2) is 9.48 Å². The first-order valence-corrected chi connectivity index (χ1v) is 7.72. The summed E-state index contributed by atoms with van der Waals surface area (Å²) in [5, 5.41) is 21.1. The third kappa shape index (κ3) is 2.99. The molecule has 0 atom stereocenters. The minimum absolute atomic E-state index is 0.636. The predicted octanol–water partition coefficient (Wildman–Crippen LogP) is 2.54. The number of aromatic nitrogens is 4. The number of tetrazole rings is 1. The van der Waals surface area contributed by atoms with Crippen LogP contribution in [-0.4, -0.2) is 31.3 Å². The van der Waals surface area contributed by atoms with E-state index >= 15 is 0 Å². The van der Waals surface area contributed by atoms with Crippen LogP contribution in [-0.2, 0) is 16.8 Å². The SMILES string of the molecule is CCCCCCCCc1nnnn1C1(C(=O)O)CCC1. The number of carbonyl (C=O) groups is 1. The Hall–Kier alpha value is -1.46. The number of rotatable bonds is 9. The van der Waals surface area contributed by atoms with E-state index in [1.165, 1.54) is 25.7 Å². The maximum atomic E-state index is 11.5. The first kappa shape index (κ1) is 14.9. The summed E-state index contributed by atoms with van der Waals surface area (Å²) in [7, 11) is 0. The molecular weight excluding hydrogens is 256 g/mol. The highest BCUT2D eigenvalue weighted by Gasteiger charge is 2.48. The molecule has 1 aliphatic rings. The number of hydrogen-bond acceptors (Lipinski definition) is 4. The lowest BCUT2D eigenvalue weighted by Gasteiger charge is -2.37. The van der Waals surface area contributed by atoms with Crippen molar-refractivity contribution in [1.29, 1.82) is 0 Å². The zero-order valence-electron chi connectivity index (χ0n) is 12.2. The number of unbranched alkanes of at least 4 members (excludes halogenated alkanes) is 5. The molecule has 0 aliphatic heterocycles. The number of nitrogens with zero attached hydrogens (tertiary/aromatic N) is 4. The van der Waals surface area contributed by atoms with Crippen LogP contribution >= 0.6 is 0 Å². The molecule has 6 nitrogen and oxygen atoms in total. The van der Waals surface area contributed by atoms with Gasteiger partial charge >= 0.3 is 5.97 Å². The molecule has 1 saturated carbocycles. The van der Waals surface area contributed by atoms with Gasteiger partial charge in [0.15, 0.2) is 11.4 Å². The Morgan fingerprint density at radius 2 is 1.95 bits per heavy atom. The van der Waals surface area contributed by atoms with Crippen LogP contribution in [0.25, 0.3) is 0 Å². The van der Waals surface area contributed by atoms with Crippen LogP contribution in [0.2, 0.25) is 0 Å². The highest BCUT2D eigenvalue weighted by atomic mass is 16.4. The summed E-state index contributed by atoms with van der Waals surface area (Å²) in [4.78, 5) is 11.5. The highest BCUT2D eigenvalue weighted by molar-refractivity contribution is 5.77. The van der Waals surface area contributed by atoms with Gasteiger partial charge in [0.05, 0.1) is 0 Å². The van der Waals surface area contributed by atoms with Crippen molar-refractivity contribution in [2.75, 3.05) is 0 Å². The van der Waals surface area contributed by atoms with Crippen molar-refractivity contribution < 1.29 is 9.90 Å². The summed E-state index contributed by atoms with van der Waals surface area (Å²) >= 11 is 0. The predicted molar refractivity (Wildman–Crippen MR) is 74.4 cm³/mol. The molecule has 0 radical (unpaired) electrons. The second-order valence-corrected chi connectivity index (χ2v) is 5.71. The Bertz CT molecular complexity index is 440. The van der Waals surface area contributed by atoms with E-state index < -0.39 is 11.5 Å². The molecule has 1 aromatic heterocycles. The van der Waals surface area contributed by atoms with Gasteiger partial charge in [0.2, 0.25) is 0 Å². The Kier molecular flexibility index (Phi) is 5.09. The van der Waals surface area contributed by atoms with E-state index in [9.17, 15) is 9.90 Å². The van der Waals surface area contributed by atoms with Gasteiger partial charge in [0.25, 0.3) is 0 Å². The van der Waals surface area contributed by atoms with Crippen LogP contribution in [0, 0.1) is 0 Å². The molecule has 1 heterocycles. The molecule has 1 N–H and O–H groups in total. The van der Waals surface area contributed by atoms with E-state index in [4.69, 9.17) is 0 Å². The van der Waals surface area contributed by atoms with Crippen molar-refractivity contribution in [3.05, 3.63) is 5.82 Å². The van der Waals surface area contributed by atoms with Crippen molar-refractivity contribution in [1.82, 2.24) is 20.2 Å². The second kappa shape index (κ2) is 6.81. The molecule has 0 amide bonds. The van der Waals surface area contributed by atoms with Crippen LogP contribution in [0.15, 0.2) is 0 Å². The number of carboxylic acid groups (broad SMARTS) is 1. The summed E-state index contributed by atoms with van der Waals surface area (Å²) in [6.45, 7) is 2.21. The van der Waals surface area contributed by atoms with Gasteiger partial charge in [-0.1, -0.05) is 39.0 Å². The van der Waals surface area contributed by atoms with E-state index in [0.29, 0.717) is 12.8 Å². The lowest BCUT2D eigenvalue weighted by atomic mass is 9.77. The minimum atomic E-state index is -0.874. The van der Waals surface area contributed by atoms with Crippen LogP contribution in [0.5, 0.6) is 0 Å². The van der Waals surface area contributed by atoms with Crippen molar-refractivity contribution in [2.24, 2.45) is 0 Å². The topological polar surface area (TPSA) is 80.9 Å². The van der Waals surface area contributed by atoms with Crippen LogP contribution < -0.4 is 0 Å². The van der Waals surface area contributed by atoms with Crippen molar-refractivity contribution in [3.63, 3.8) is 0 Å². The van der Waals surface area contributed by atoms with Gasteiger partial charge < -0.3 is 5.11 Å². The smallest absolute Gasteiger partial charge is 0.331 e. The van der Waals surface area contributed by atoms with Crippen LogP contribution in [0.3, 0.4) is 0 Å². The third-order valence-corrected chi connectivity index (χ3v) is 4.27. The van der Waals surface area contributed by atoms with Gasteiger partial charge in [-0.3, -0.25) is 0 Å². The van der Waals surface area contributed by atoms with E-state index in [0.717, 1.165) is 31.5 Å². The maximum absolute atomic E-state index is 11.5. The molecule has 0 spiro atoms. The normalized spacial score (nSPS) is 16.9. The zero-order chi connectivity index (χ0) is 14.4. The van der Waals surface area contributed by atoms with Crippen molar-refractivity contribution >= 4 is 5.97 Å². The van der Waals surface area contributed by atoms with E-state index in [1.807, 2.05) is 0 Å². The van der Waals surface area contributed by atoms with Gasteiger partial charge in [-0.15, -0.1) is 5.10 Å². The lowest BCUT2D eigenvalue weighted by Crippen LogP contribution is -2.49. The summed E-state index contributed by atoms with van der Waals surface area (Å²) in [6, 6.07) is 0. The van der Waals surface area contributed by atoms with Gasteiger partial charge in [0.1, 0.15) is 0 Å². The number of aliphatic carboxylic acids is 1. The molecule has 1 aliphatic carbocycles. The molecule has 6 heteroatoms. The summed E-state index contributed by atoms with van der Waals surface area (Å²) in [5.74, 6) is -0.0807. The minimum Gasteiger partial charge on any atom is -0.479 e. The molecule has 0 unspecified atom stereocenters. The summed E-state index contributed by atoms with van der Waals surface area (Å²) in [6.07, 6.45) is 10.2. The quantitative estimate of drug-likeness (QED) is 0.703. The molecule has 0 bridgehead atoms. The summed E-state index contributed by atoms with van der Waals surface area (Å²) < 4.78 is 1.56. The summed E-state index contributed by atoms with van der Waals surface area (Å²) in [5.41, 5.74) is -0.874. The Labute approximate surface area is 119 Å². The molecular formula is C14H24N4O2. The van der Waals surface area contributed by atoms with Gasteiger partial charge in [0, 0.05) is 6.42 Å². The molecule has 0 saturated heterocycles. The van der Waals surface area contributed by atoms with Gasteiger partial charge in [-0.2, -0.15) is 0 Å². The van der Waals surface area contributed by atoms with Crippen molar-refractivity contribution in [3.8, 4) is 0 Å². The average Bonchev–Trinajstić information content (AvgIpc) is 2.80. The van der Waals surface area contributed by atoms with Gasteiger partial charge in [-0.05, 0) is 36.1 Å². The first-order chi connectivity index (χ1) is 9.70. The highest BCUT2D eigenvalue weighted by Crippen LogP contribution is 2.39. The van der Waals surface area contributed by atoms with Crippen LogP contribution in [0.1, 0.15) is 70.5 Å². The number of hydrogen-bond donors (Lipinski definition) is 1. The second-order valence-electron chi connectivity index (χ2n) is 5.71. The van der Waals surface area contributed by atoms with E-state index in [1.54, 1.807) is 4.68 Å². The standard InChI is InChI=1S/C14H24N4O2/c1-2-3-4-5-6-7-9-12-15-16-17-18(12)14(13(19)20)10-8-11-14/h2-11H2,1H3,(H,19,20). The lowest BCUT2D eigenvalue weighted by molar-refractivity contribution is -0.153. The largest absolute Gasteiger partial charge is 0.479 e. The van der Waals surface area contributed by atoms with E-state index in [2.05, 4.69) is 22.4 Å². The maximum Gasteiger partial charge on any atom is 0.331 e. The third-order valence-electron chi connectivity index (χ3n) is 4.27. The first-order valence-electron chi connectivity index (χ1n) is 7.72. The Morgan fingerprint density at radius 1 is 1.25 bits per heavy atom. The number of carboxylic acids is 1. The van der Waals surface area contributed by atoms with Crippen molar-refractivity contribution in [2.45, 2.75) is 76.7 Å². The van der Waals surface area contributed by atoms with Crippen LogP contribution in [0.4, 0.5) is 0 Å². The fourth-order valence-electron chi connectivity index (χ4n) is 2.79. The fourth-order valence-corrected chi connectivity index (χ4v) is 2.79. The Morgan fingerprint density at radius 3 is 2.55 bits per heavy atom. The zero-order valence-corrected chi connectivity index (χ0v) is 12.2. The molecule has 0 aromatic carbocycles. The van der Waals surface area contributed by atoms with E-state index in [-0.39, 0.29) is 0 Å². The molecule has 20 heavy (non-hydrogen) atoms. The molecule has 112 valence electrons.